The average molecular weight is 269 g/mol. The lowest BCUT2D eigenvalue weighted by Crippen LogP contribution is -2.25. The van der Waals surface area contributed by atoms with Gasteiger partial charge in [-0.25, -0.2) is 5.06 Å². The van der Waals surface area contributed by atoms with Crippen molar-refractivity contribution in [3.63, 3.8) is 0 Å². The van der Waals surface area contributed by atoms with Crippen LogP contribution in [0.5, 0.6) is 0 Å². The van der Waals surface area contributed by atoms with E-state index in [1.807, 2.05) is 60.5 Å². The van der Waals surface area contributed by atoms with Gasteiger partial charge in [0, 0.05) is 5.92 Å². The van der Waals surface area contributed by atoms with E-state index >= 15 is 0 Å². The fraction of sp³-hybridized carbons (Fsp3) is 0.294. The van der Waals surface area contributed by atoms with Gasteiger partial charge in [0.15, 0.2) is 0 Å². The summed E-state index contributed by atoms with van der Waals surface area (Å²) in [6.07, 6.45) is -0.00888. The minimum Gasteiger partial charge on any atom is -0.396 e. The molecule has 3 nitrogen and oxygen atoms in total. The Balaban J connectivity index is 2.00. The third-order valence-corrected chi connectivity index (χ3v) is 3.90. The Morgan fingerprint density at radius 2 is 1.60 bits per heavy atom. The number of hydroxylamine groups is 1. The highest BCUT2D eigenvalue weighted by Gasteiger charge is 2.41. The summed E-state index contributed by atoms with van der Waals surface area (Å²) < 4.78 is 0. The molecule has 2 aromatic rings. The van der Waals surface area contributed by atoms with Crippen LogP contribution in [0.15, 0.2) is 60.7 Å². The van der Waals surface area contributed by atoms with E-state index in [1.54, 1.807) is 0 Å². The van der Waals surface area contributed by atoms with Gasteiger partial charge in [-0.1, -0.05) is 48.5 Å². The number of rotatable bonds is 3. The highest BCUT2D eigenvalue weighted by Crippen LogP contribution is 2.41. The number of hydrogen-bond acceptors (Lipinski definition) is 3. The van der Waals surface area contributed by atoms with Crippen molar-refractivity contribution < 1.29 is 9.94 Å². The first-order valence-corrected chi connectivity index (χ1v) is 6.98. The molecule has 104 valence electrons. The zero-order valence-electron chi connectivity index (χ0n) is 11.5. The molecule has 0 aliphatic carbocycles. The van der Waals surface area contributed by atoms with Crippen molar-refractivity contribution in [2.45, 2.75) is 19.1 Å². The van der Waals surface area contributed by atoms with Gasteiger partial charge < -0.3 is 5.11 Å². The minimum atomic E-state index is -0.00888. The molecule has 0 amide bonds. The lowest BCUT2D eigenvalue weighted by Gasteiger charge is -2.27. The van der Waals surface area contributed by atoms with Crippen LogP contribution in [0.3, 0.4) is 0 Å². The van der Waals surface area contributed by atoms with Gasteiger partial charge in [0.25, 0.3) is 0 Å². The topological polar surface area (TPSA) is 32.7 Å². The smallest absolute Gasteiger partial charge is 0.0902 e. The summed E-state index contributed by atoms with van der Waals surface area (Å²) in [5.74, 6) is 0.0672. The summed E-state index contributed by atoms with van der Waals surface area (Å²) in [6, 6.07) is 20.3. The SMILES string of the molecule is C[C@H]1ON(c2ccccc2)[C@@H](c2ccccc2)[C@@H]1CO. The molecule has 20 heavy (non-hydrogen) atoms. The van der Waals surface area contributed by atoms with Crippen molar-refractivity contribution >= 4 is 5.69 Å². The standard InChI is InChI=1S/C17H19NO2/c1-13-16(12-19)17(14-8-4-2-5-9-14)18(20-13)15-10-6-3-7-11-15/h2-11,13,16-17,19H,12H2,1H3/t13-,16-,17+/m1/s1. The molecule has 3 atom stereocenters. The van der Waals surface area contributed by atoms with Gasteiger partial charge in [0.2, 0.25) is 0 Å². The van der Waals surface area contributed by atoms with E-state index in [0.29, 0.717) is 0 Å². The largest absolute Gasteiger partial charge is 0.396 e. The fourth-order valence-corrected chi connectivity index (χ4v) is 2.83. The van der Waals surface area contributed by atoms with Gasteiger partial charge >= 0.3 is 0 Å². The first-order chi connectivity index (χ1) is 9.81. The summed E-state index contributed by atoms with van der Waals surface area (Å²) in [5, 5.41) is 11.7. The zero-order chi connectivity index (χ0) is 13.9. The molecule has 0 bridgehead atoms. The Hall–Kier alpha value is -1.84. The Morgan fingerprint density at radius 3 is 2.20 bits per heavy atom. The van der Waals surface area contributed by atoms with Crippen LogP contribution in [-0.4, -0.2) is 17.8 Å². The van der Waals surface area contributed by atoms with E-state index in [4.69, 9.17) is 4.84 Å². The zero-order valence-corrected chi connectivity index (χ0v) is 11.5. The number of hydrogen-bond donors (Lipinski definition) is 1. The molecule has 1 heterocycles. The summed E-state index contributed by atoms with van der Waals surface area (Å²) in [4.78, 5) is 5.99. The molecule has 0 radical (unpaired) electrons. The van der Waals surface area contributed by atoms with E-state index in [9.17, 15) is 5.11 Å². The average Bonchev–Trinajstić information content (AvgIpc) is 2.85. The normalized spacial score (nSPS) is 25.9. The predicted molar refractivity (Wildman–Crippen MR) is 79.2 cm³/mol. The molecule has 1 aliphatic heterocycles. The maximum atomic E-state index is 9.73. The molecule has 1 fully saturated rings. The fourth-order valence-electron chi connectivity index (χ4n) is 2.83. The molecule has 1 N–H and O–H groups in total. The minimum absolute atomic E-state index is 0.00888. The van der Waals surface area contributed by atoms with Crippen molar-refractivity contribution in [3.8, 4) is 0 Å². The highest BCUT2D eigenvalue weighted by molar-refractivity contribution is 5.47. The first kappa shape index (κ1) is 13.2. The maximum absolute atomic E-state index is 9.73. The van der Waals surface area contributed by atoms with Gasteiger partial charge in [0.05, 0.1) is 24.4 Å². The summed E-state index contributed by atoms with van der Waals surface area (Å²) in [7, 11) is 0. The number of nitrogens with zero attached hydrogens (tertiary/aromatic N) is 1. The molecule has 0 spiro atoms. The second-order valence-electron chi connectivity index (χ2n) is 5.17. The van der Waals surface area contributed by atoms with Gasteiger partial charge in [-0.15, -0.1) is 0 Å². The number of aliphatic hydroxyl groups is 1. The molecule has 3 rings (SSSR count). The lowest BCUT2D eigenvalue weighted by atomic mass is 9.90. The van der Waals surface area contributed by atoms with Crippen molar-refractivity contribution in [2.75, 3.05) is 11.7 Å². The van der Waals surface area contributed by atoms with Crippen LogP contribution in [0, 0.1) is 5.92 Å². The van der Waals surface area contributed by atoms with E-state index in [1.165, 1.54) is 5.56 Å². The Morgan fingerprint density at radius 1 is 1.00 bits per heavy atom. The predicted octanol–water partition coefficient (Wildman–Crippen LogP) is 3.18. The molecule has 1 saturated heterocycles. The van der Waals surface area contributed by atoms with Gasteiger partial charge in [-0.3, -0.25) is 4.84 Å². The van der Waals surface area contributed by atoms with Gasteiger partial charge in [0.1, 0.15) is 0 Å². The second kappa shape index (κ2) is 5.65. The van der Waals surface area contributed by atoms with Crippen LogP contribution in [0.25, 0.3) is 0 Å². The molecular formula is C17H19NO2. The first-order valence-electron chi connectivity index (χ1n) is 6.98. The lowest BCUT2D eigenvalue weighted by molar-refractivity contribution is 0.0695. The van der Waals surface area contributed by atoms with E-state index in [2.05, 4.69) is 12.1 Å². The molecule has 0 saturated carbocycles. The van der Waals surface area contributed by atoms with E-state index < -0.39 is 0 Å². The number of benzene rings is 2. The number of aliphatic hydroxyl groups excluding tert-OH is 1. The number of para-hydroxylation sites is 1. The summed E-state index contributed by atoms with van der Waals surface area (Å²) in [5.41, 5.74) is 2.18. The molecule has 2 aromatic carbocycles. The van der Waals surface area contributed by atoms with Crippen LogP contribution < -0.4 is 5.06 Å². The third kappa shape index (κ3) is 2.30. The van der Waals surface area contributed by atoms with E-state index in [0.717, 1.165) is 5.69 Å². The Bertz CT molecular complexity index is 543. The molecule has 0 aromatic heterocycles. The Labute approximate surface area is 119 Å². The van der Waals surface area contributed by atoms with Gasteiger partial charge in [-0.05, 0) is 24.6 Å². The summed E-state index contributed by atoms with van der Waals surface area (Å²) in [6.45, 7) is 2.13. The Kier molecular flexibility index (Phi) is 3.72. The van der Waals surface area contributed by atoms with Gasteiger partial charge in [-0.2, -0.15) is 0 Å². The monoisotopic (exact) mass is 269 g/mol. The van der Waals surface area contributed by atoms with Crippen LogP contribution in [0.2, 0.25) is 0 Å². The molecule has 3 heteroatoms. The van der Waals surface area contributed by atoms with Crippen LogP contribution >= 0.6 is 0 Å². The van der Waals surface area contributed by atoms with Crippen molar-refractivity contribution in [2.24, 2.45) is 5.92 Å². The summed E-state index contributed by atoms with van der Waals surface area (Å²) >= 11 is 0. The van der Waals surface area contributed by atoms with Crippen LogP contribution in [0.4, 0.5) is 5.69 Å². The maximum Gasteiger partial charge on any atom is 0.0902 e. The van der Waals surface area contributed by atoms with Crippen LogP contribution in [0.1, 0.15) is 18.5 Å². The highest BCUT2D eigenvalue weighted by atomic mass is 16.7. The second-order valence-corrected chi connectivity index (χ2v) is 5.17. The van der Waals surface area contributed by atoms with Crippen LogP contribution in [-0.2, 0) is 4.84 Å². The third-order valence-electron chi connectivity index (χ3n) is 3.90. The van der Waals surface area contributed by atoms with Crippen molar-refractivity contribution in [1.82, 2.24) is 0 Å². The molecule has 1 aliphatic rings. The number of anilines is 1. The molecular weight excluding hydrogens is 250 g/mol. The van der Waals surface area contributed by atoms with E-state index in [-0.39, 0.29) is 24.7 Å². The van der Waals surface area contributed by atoms with Crippen molar-refractivity contribution in [3.05, 3.63) is 66.2 Å². The van der Waals surface area contributed by atoms with Crippen molar-refractivity contribution in [1.29, 1.82) is 0 Å². The molecule has 0 unspecified atom stereocenters. The quantitative estimate of drug-likeness (QED) is 0.929.